The lowest BCUT2D eigenvalue weighted by Gasteiger charge is -2.37. The van der Waals surface area contributed by atoms with Crippen molar-refractivity contribution in [2.75, 3.05) is 41.4 Å². The van der Waals surface area contributed by atoms with Gasteiger partial charge in [0, 0.05) is 54.6 Å². The molecule has 3 heterocycles. The fourth-order valence-electron chi connectivity index (χ4n) is 4.03. The average molecular weight is 509 g/mol. The van der Waals surface area contributed by atoms with Crippen molar-refractivity contribution < 1.29 is 13.2 Å². The van der Waals surface area contributed by atoms with Gasteiger partial charge in [0.25, 0.3) is 0 Å². The van der Waals surface area contributed by atoms with Gasteiger partial charge in [-0.2, -0.15) is 18.3 Å². The molecule has 0 aliphatic carbocycles. The summed E-state index contributed by atoms with van der Waals surface area (Å²) in [5.41, 5.74) is 6.25. The quantitative estimate of drug-likeness (QED) is 0.256. The van der Waals surface area contributed by atoms with Gasteiger partial charge in [-0.15, -0.1) is 11.3 Å². The molecule has 36 heavy (non-hydrogen) atoms. The number of aromatic nitrogens is 2. The number of benzene rings is 2. The summed E-state index contributed by atoms with van der Waals surface area (Å²) in [5.74, 6) is 0.556. The zero-order chi connectivity index (χ0) is 25.0. The summed E-state index contributed by atoms with van der Waals surface area (Å²) in [7, 11) is 0. The Kier molecular flexibility index (Phi) is 6.86. The third kappa shape index (κ3) is 5.49. The fraction of sp³-hybridized carbons (Fsp3) is 0.192. The highest BCUT2D eigenvalue weighted by Crippen LogP contribution is 2.30. The predicted octanol–water partition coefficient (Wildman–Crippen LogP) is 6.00. The van der Waals surface area contributed by atoms with Crippen LogP contribution >= 0.6 is 11.3 Å². The first kappa shape index (κ1) is 23.8. The first-order chi connectivity index (χ1) is 17.5. The third-order valence-corrected chi connectivity index (χ3v) is 6.64. The Balaban J connectivity index is 1.21. The highest BCUT2D eigenvalue weighted by molar-refractivity contribution is 7.14. The van der Waals surface area contributed by atoms with Crippen LogP contribution in [0, 0.1) is 0 Å². The number of rotatable bonds is 6. The Morgan fingerprint density at radius 1 is 0.889 bits per heavy atom. The van der Waals surface area contributed by atoms with Crippen LogP contribution in [0.4, 0.5) is 29.8 Å². The molecule has 1 aliphatic heterocycles. The van der Waals surface area contributed by atoms with Crippen molar-refractivity contribution in [3.05, 3.63) is 89.4 Å². The number of piperazine rings is 1. The van der Waals surface area contributed by atoms with Crippen molar-refractivity contribution in [1.29, 1.82) is 0 Å². The molecule has 10 heteroatoms. The number of thiazole rings is 1. The maximum absolute atomic E-state index is 12.8. The maximum Gasteiger partial charge on any atom is 0.417 e. The van der Waals surface area contributed by atoms with E-state index >= 15 is 0 Å². The number of nitrogens with one attached hydrogen (secondary N) is 1. The summed E-state index contributed by atoms with van der Waals surface area (Å²) in [6.45, 7) is 2.74. The van der Waals surface area contributed by atoms with E-state index in [0.717, 1.165) is 34.8 Å². The number of para-hydroxylation sites is 1. The molecular formula is C26H23F3N6S. The standard InChI is InChI=1S/C26H23F3N6S/c27-26(28,29)21-10-11-24(30-17-21)35-14-12-34(13-15-35)23-9-5-4-8-20(23)16-31-33-25-32-22(18-36-25)19-6-2-1-3-7-19/h1-11,16-18H,12-15H2,(H,32,33). The van der Waals surface area contributed by atoms with Gasteiger partial charge in [-0.3, -0.25) is 5.43 Å². The van der Waals surface area contributed by atoms with Crippen LogP contribution in [-0.4, -0.2) is 42.4 Å². The molecule has 0 atom stereocenters. The van der Waals surface area contributed by atoms with Crippen molar-refractivity contribution in [1.82, 2.24) is 9.97 Å². The van der Waals surface area contributed by atoms with Gasteiger partial charge in [0.1, 0.15) is 5.82 Å². The van der Waals surface area contributed by atoms with E-state index in [-0.39, 0.29) is 0 Å². The molecular weight excluding hydrogens is 485 g/mol. The molecule has 0 saturated carbocycles. The maximum atomic E-state index is 12.8. The number of anilines is 3. The molecule has 1 aliphatic rings. The van der Waals surface area contributed by atoms with E-state index < -0.39 is 11.7 Å². The van der Waals surface area contributed by atoms with E-state index in [9.17, 15) is 13.2 Å². The largest absolute Gasteiger partial charge is 0.417 e. The van der Waals surface area contributed by atoms with Gasteiger partial charge >= 0.3 is 6.18 Å². The van der Waals surface area contributed by atoms with Crippen LogP contribution in [0.5, 0.6) is 0 Å². The zero-order valence-corrected chi connectivity index (χ0v) is 20.0. The number of hydrogen-bond acceptors (Lipinski definition) is 7. The summed E-state index contributed by atoms with van der Waals surface area (Å²) in [6, 6.07) is 20.5. The van der Waals surface area contributed by atoms with E-state index in [1.54, 1.807) is 6.21 Å². The predicted molar refractivity (Wildman–Crippen MR) is 139 cm³/mol. The summed E-state index contributed by atoms with van der Waals surface area (Å²) in [4.78, 5) is 12.9. The summed E-state index contributed by atoms with van der Waals surface area (Å²) in [6.07, 6.45) is -1.71. The van der Waals surface area contributed by atoms with Gasteiger partial charge in [-0.1, -0.05) is 48.5 Å². The fourth-order valence-corrected chi connectivity index (χ4v) is 4.69. The average Bonchev–Trinajstić information content (AvgIpc) is 3.38. The van der Waals surface area contributed by atoms with Crippen molar-refractivity contribution in [3.63, 3.8) is 0 Å². The topological polar surface area (TPSA) is 56.6 Å². The van der Waals surface area contributed by atoms with E-state index in [1.165, 1.54) is 17.4 Å². The smallest absolute Gasteiger partial charge is 0.367 e. The highest BCUT2D eigenvalue weighted by Gasteiger charge is 2.31. The molecule has 5 rings (SSSR count). The molecule has 4 aromatic rings. The second-order valence-electron chi connectivity index (χ2n) is 8.21. The Morgan fingerprint density at radius 3 is 2.33 bits per heavy atom. The van der Waals surface area contributed by atoms with Crippen LogP contribution in [0.25, 0.3) is 11.3 Å². The van der Waals surface area contributed by atoms with Gasteiger partial charge in [0.15, 0.2) is 0 Å². The normalized spacial score (nSPS) is 14.4. The summed E-state index contributed by atoms with van der Waals surface area (Å²) in [5, 5.41) is 7.10. The molecule has 6 nitrogen and oxygen atoms in total. The zero-order valence-electron chi connectivity index (χ0n) is 19.2. The molecule has 1 fully saturated rings. The number of halogens is 3. The van der Waals surface area contributed by atoms with E-state index in [4.69, 9.17) is 0 Å². The number of hydrogen-bond donors (Lipinski definition) is 1. The molecule has 1 N–H and O–H groups in total. The molecule has 2 aromatic carbocycles. The van der Waals surface area contributed by atoms with Crippen LogP contribution in [0.2, 0.25) is 0 Å². The number of pyridine rings is 1. The monoisotopic (exact) mass is 508 g/mol. The minimum atomic E-state index is -4.38. The van der Waals surface area contributed by atoms with Gasteiger partial charge in [0.05, 0.1) is 17.5 Å². The Bertz CT molecular complexity index is 1310. The highest BCUT2D eigenvalue weighted by atomic mass is 32.1. The van der Waals surface area contributed by atoms with E-state index in [1.807, 2.05) is 64.9 Å². The number of hydrazone groups is 1. The minimum absolute atomic E-state index is 0.556. The van der Waals surface area contributed by atoms with Crippen LogP contribution in [0.15, 0.2) is 83.4 Å². The molecule has 0 spiro atoms. The second kappa shape index (κ2) is 10.4. The Labute approximate surface area is 210 Å². The first-order valence-corrected chi connectivity index (χ1v) is 12.3. The van der Waals surface area contributed by atoms with Crippen molar-refractivity contribution in [3.8, 4) is 11.3 Å². The Hall–Kier alpha value is -3.92. The summed E-state index contributed by atoms with van der Waals surface area (Å²) >= 11 is 1.49. The molecule has 1 saturated heterocycles. The van der Waals surface area contributed by atoms with Crippen molar-refractivity contribution in [2.24, 2.45) is 5.10 Å². The first-order valence-electron chi connectivity index (χ1n) is 11.4. The van der Waals surface area contributed by atoms with Gasteiger partial charge < -0.3 is 9.80 Å². The molecule has 0 radical (unpaired) electrons. The molecule has 0 amide bonds. The molecule has 0 bridgehead atoms. The lowest BCUT2D eigenvalue weighted by atomic mass is 10.1. The lowest BCUT2D eigenvalue weighted by Crippen LogP contribution is -2.47. The van der Waals surface area contributed by atoms with Gasteiger partial charge in [-0.25, -0.2) is 9.97 Å². The van der Waals surface area contributed by atoms with Crippen LogP contribution in [0.3, 0.4) is 0 Å². The number of alkyl halides is 3. The van der Waals surface area contributed by atoms with Gasteiger partial charge in [0.2, 0.25) is 5.13 Å². The SMILES string of the molecule is FC(F)(F)c1ccc(N2CCN(c3ccccc3C=NNc3nc(-c4ccccc4)cs3)CC2)nc1. The van der Waals surface area contributed by atoms with Crippen LogP contribution in [-0.2, 0) is 6.18 Å². The van der Waals surface area contributed by atoms with Crippen LogP contribution < -0.4 is 15.2 Å². The van der Waals surface area contributed by atoms with Crippen LogP contribution in [0.1, 0.15) is 11.1 Å². The minimum Gasteiger partial charge on any atom is -0.367 e. The molecule has 184 valence electrons. The number of nitrogens with zero attached hydrogens (tertiary/aromatic N) is 5. The third-order valence-electron chi connectivity index (χ3n) is 5.89. The van der Waals surface area contributed by atoms with Crippen molar-refractivity contribution in [2.45, 2.75) is 6.18 Å². The molecule has 0 unspecified atom stereocenters. The van der Waals surface area contributed by atoms with E-state index in [2.05, 4.69) is 25.4 Å². The molecule has 2 aromatic heterocycles. The lowest BCUT2D eigenvalue weighted by molar-refractivity contribution is -0.137. The Morgan fingerprint density at radius 2 is 1.61 bits per heavy atom. The van der Waals surface area contributed by atoms with Gasteiger partial charge in [-0.05, 0) is 18.2 Å². The summed E-state index contributed by atoms with van der Waals surface area (Å²) < 4.78 is 38.5. The second-order valence-corrected chi connectivity index (χ2v) is 9.07. The van der Waals surface area contributed by atoms with Crippen molar-refractivity contribution >= 4 is 34.2 Å². The van der Waals surface area contributed by atoms with E-state index in [0.29, 0.717) is 37.1 Å².